The molecule has 0 spiro atoms. The van der Waals surface area contributed by atoms with Gasteiger partial charge in [0.2, 0.25) is 11.8 Å². The molecule has 282 valence electrons. The molecule has 15 heteroatoms. The summed E-state index contributed by atoms with van der Waals surface area (Å²) in [4.78, 5) is 57.6. The van der Waals surface area contributed by atoms with Gasteiger partial charge in [-0.25, -0.2) is 0 Å². The number of aliphatic imine (C=N–C) groups is 1. The number of piperidine rings is 1. The highest BCUT2D eigenvalue weighted by Gasteiger charge is 2.45. The predicted molar refractivity (Wildman–Crippen MR) is 214 cm³/mol. The SMILES string of the molecule is Cc1c(C#Cc2cnn(Cc3ccc(CNc4cccc5c4C(=O)N(C4CCC(=O)NC4=O)C5=O)cc3)c2)sc2c1C(c1ccc(Cl)cc1)=NCc1nnc(C)n1-2. The van der Waals surface area contributed by atoms with Crippen LogP contribution in [0.4, 0.5) is 5.69 Å². The lowest BCUT2D eigenvalue weighted by Crippen LogP contribution is -2.54. The number of nitrogens with zero attached hydrogens (tertiary/aromatic N) is 7. The third-order valence-corrected chi connectivity index (χ3v) is 11.7. The van der Waals surface area contributed by atoms with Gasteiger partial charge >= 0.3 is 0 Å². The molecule has 1 fully saturated rings. The quantitative estimate of drug-likeness (QED) is 0.156. The zero-order valence-electron chi connectivity index (χ0n) is 30.7. The molecule has 1 unspecified atom stereocenters. The van der Waals surface area contributed by atoms with Gasteiger partial charge in [-0.1, -0.05) is 65.9 Å². The van der Waals surface area contributed by atoms with Crippen molar-refractivity contribution in [1.29, 1.82) is 0 Å². The number of aryl methyl sites for hydroxylation is 1. The van der Waals surface area contributed by atoms with Gasteiger partial charge in [-0.05, 0) is 61.2 Å². The number of hydrogen-bond donors (Lipinski definition) is 2. The van der Waals surface area contributed by atoms with Gasteiger partial charge in [0.25, 0.3) is 11.8 Å². The lowest BCUT2D eigenvalue weighted by Gasteiger charge is -2.27. The van der Waals surface area contributed by atoms with Crippen LogP contribution < -0.4 is 10.6 Å². The number of nitrogens with one attached hydrogen (secondary N) is 2. The molecule has 4 amide bonds. The molecule has 13 nitrogen and oxygen atoms in total. The van der Waals surface area contributed by atoms with E-state index in [1.54, 1.807) is 35.7 Å². The van der Waals surface area contributed by atoms with Gasteiger partial charge in [0.15, 0.2) is 5.82 Å². The smallest absolute Gasteiger partial charge is 0.264 e. The summed E-state index contributed by atoms with van der Waals surface area (Å²) in [6, 6.07) is 19.7. The summed E-state index contributed by atoms with van der Waals surface area (Å²) in [5.74, 6) is 6.12. The van der Waals surface area contributed by atoms with E-state index in [1.165, 1.54) is 0 Å². The molecule has 0 bridgehead atoms. The predicted octanol–water partition coefficient (Wildman–Crippen LogP) is 5.61. The Morgan fingerprint density at radius 2 is 1.72 bits per heavy atom. The van der Waals surface area contributed by atoms with Crippen LogP contribution in [0.2, 0.25) is 5.02 Å². The normalized spacial score (nSPS) is 15.9. The first-order valence-corrected chi connectivity index (χ1v) is 19.4. The Labute approximate surface area is 335 Å². The topological polar surface area (TPSA) is 156 Å². The third-order valence-electron chi connectivity index (χ3n) is 10.2. The van der Waals surface area contributed by atoms with Crippen molar-refractivity contribution in [2.75, 3.05) is 5.32 Å². The van der Waals surface area contributed by atoms with Crippen molar-refractivity contribution in [2.24, 2.45) is 4.99 Å². The molecule has 1 atom stereocenters. The molecule has 9 rings (SSSR count). The largest absolute Gasteiger partial charge is 0.380 e. The highest BCUT2D eigenvalue weighted by atomic mass is 35.5. The number of amides is 4. The summed E-state index contributed by atoms with van der Waals surface area (Å²) in [6.07, 6.45) is 3.84. The van der Waals surface area contributed by atoms with Crippen LogP contribution in [0.15, 0.2) is 84.1 Å². The molecule has 3 aromatic carbocycles. The molecule has 0 radical (unpaired) electrons. The summed E-state index contributed by atoms with van der Waals surface area (Å²) >= 11 is 7.80. The molecule has 3 aromatic heterocycles. The van der Waals surface area contributed by atoms with E-state index in [4.69, 9.17) is 16.6 Å². The van der Waals surface area contributed by atoms with Crippen molar-refractivity contribution < 1.29 is 19.2 Å². The van der Waals surface area contributed by atoms with Gasteiger partial charge in [-0.15, -0.1) is 21.5 Å². The van der Waals surface area contributed by atoms with E-state index in [2.05, 4.69) is 49.3 Å². The highest BCUT2D eigenvalue weighted by molar-refractivity contribution is 7.15. The van der Waals surface area contributed by atoms with E-state index in [-0.39, 0.29) is 24.0 Å². The monoisotopic (exact) mass is 793 g/mol. The van der Waals surface area contributed by atoms with Crippen LogP contribution in [-0.2, 0) is 29.2 Å². The minimum absolute atomic E-state index is 0.0637. The van der Waals surface area contributed by atoms with Crippen molar-refractivity contribution in [3.63, 3.8) is 0 Å². The molecule has 6 heterocycles. The van der Waals surface area contributed by atoms with E-state index >= 15 is 0 Å². The minimum atomic E-state index is -1.02. The van der Waals surface area contributed by atoms with Crippen molar-refractivity contribution in [1.82, 2.24) is 34.8 Å². The molecule has 57 heavy (non-hydrogen) atoms. The number of anilines is 1. The van der Waals surface area contributed by atoms with Crippen molar-refractivity contribution >= 4 is 58.0 Å². The van der Waals surface area contributed by atoms with Crippen LogP contribution in [0.3, 0.4) is 0 Å². The average molecular weight is 794 g/mol. The number of rotatable bonds is 7. The van der Waals surface area contributed by atoms with Crippen molar-refractivity contribution in [3.8, 4) is 16.8 Å². The second-order valence-corrected chi connectivity index (χ2v) is 15.4. The Morgan fingerprint density at radius 1 is 0.930 bits per heavy atom. The standard InChI is InChI=1S/C42H32ClN9O4S/c1-23-33(57-42-36(23)38(28-11-13-29(43)14-12-28)45-20-34-49-48-24(2)51(34)42)16-10-27-19-46-50(22-27)21-26-8-6-25(7-9-26)18-44-31-5-3-4-30-37(31)41(56)52(40(30)55)32-15-17-35(53)47-39(32)54/h3-9,11-14,19,22,32,44H,15,17-18,20-21H2,1-2H3,(H,47,53,54). The van der Waals surface area contributed by atoms with Crippen LogP contribution in [0.1, 0.15) is 83.5 Å². The summed E-state index contributed by atoms with van der Waals surface area (Å²) in [7, 11) is 0. The number of benzene rings is 3. The van der Waals surface area contributed by atoms with E-state index in [0.717, 1.165) is 65.5 Å². The van der Waals surface area contributed by atoms with E-state index in [0.29, 0.717) is 30.3 Å². The fraction of sp³-hybridized carbons (Fsp3) is 0.190. The van der Waals surface area contributed by atoms with Crippen LogP contribution in [0, 0.1) is 25.7 Å². The number of imide groups is 2. The maximum Gasteiger partial charge on any atom is 0.264 e. The molecule has 3 aliphatic heterocycles. The summed E-state index contributed by atoms with van der Waals surface area (Å²) < 4.78 is 3.91. The van der Waals surface area contributed by atoms with Gasteiger partial charge in [-0.2, -0.15) is 5.10 Å². The van der Waals surface area contributed by atoms with Crippen LogP contribution in [0.25, 0.3) is 5.00 Å². The van der Waals surface area contributed by atoms with Crippen LogP contribution in [0.5, 0.6) is 0 Å². The van der Waals surface area contributed by atoms with Gasteiger partial charge < -0.3 is 5.32 Å². The van der Waals surface area contributed by atoms with Gasteiger partial charge in [0.1, 0.15) is 23.4 Å². The second kappa shape index (κ2) is 14.4. The maximum absolute atomic E-state index is 13.4. The second-order valence-electron chi connectivity index (χ2n) is 13.9. The molecule has 6 aromatic rings. The zero-order valence-corrected chi connectivity index (χ0v) is 32.2. The minimum Gasteiger partial charge on any atom is -0.380 e. The number of carbonyl (C=O) groups is 4. The van der Waals surface area contributed by atoms with E-state index < -0.39 is 29.7 Å². The Balaban J connectivity index is 0.880. The molecule has 1 saturated heterocycles. The van der Waals surface area contributed by atoms with E-state index in [1.807, 2.05) is 66.3 Å². The number of fused-ring (bicyclic) bond motifs is 4. The molecular formula is C42H32ClN9O4S. The van der Waals surface area contributed by atoms with Crippen LogP contribution in [-0.4, -0.2) is 64.8 Å². The first-order valence-electron chi connectivity index (χ1n) is 18.2. The van der Waals surface area contributed by atoms with Gasteiger partial charge in [0, 0.05) is 41.0 Å². The number of carbonyl (C=O) groups excluding carboxylic acids is 4. The summed E-state index contributed by atoms with van der Waals surface area (Å²) in [5, 5.41) is 20.4. The van der Waals surface area contributed by atoms with Gasteiger partial charge in [0.05, 0.1) is 40.0 Å². The van der Waals surface area contributed by atoms with Crippen LogP contribution >= 0.6 is 22.9 Å². The number of thiophene rings is 1. The number of halogens is 1. The van der Waals surface area contributed by atoms with Gasteiger partial charge in [-0.3, -0.25) is 43.6 Å². The third kappa shape index (κ3) is 6.60. The van der Waals surface area contributed by atoms with E-state index in [9.17, 15) is 19.2 Å². The maximum atomic E-state index is 13.4. The lowest BCUT2D eigenvalue weighted by molar-refractivity contribution is -0.136. The number of hydrogen-bond acceptors (Lipinski definition) is 10. The number of aromatic nitrogens is 5. The fourth-order valence-corrected chi connectivity index (χ4v) is 8.71. The van der Waals surface area contributed by atoms with Crippen molar-refractivity contribution in [2.45, 2.75) is 52.4 Å². The molecule has 2 N–H and O–H groups in total. The fourth-order valence-electron chi connectivity index (χ4n) is 7.35. The highest BCUT2D eigenvalue weighted by Crippen LogP contribution is 2.37. The molecule has 0 aliphatic carbocycles. The molecule has 3 aliphatic rings. The Kier molecular flexibility index (Phi) is 9.11. The Morgan fingerprint density at radius 3 is 2.51 bits per heavy atom. The zero-order chi connectivity index (χ0) is 39.4. The average Bonchev–Trinajstić information content (AvgIpc) is 3.93. The Hall–Kier alpha value is -6.69. The molecular weight excluding hydrogens is 762 g/mol. The molecule has 0 saturated carbocycles. The lowest BCUT2D eigenvalue weighted by atomic mass is 10.00. The summed E-state index contributed by atoms with van der Waals surface area (Å²) in [5.41, 5.74) is 7.62. The summed E-state index contributed by atoms with van der Waals surface area (Å²) in [6.45, 7) is 5.36. The van der Waals surface area contributed by atoms with Crippen molar-refractivity contribution in [3.05, 3.63) is 145 Å². The first-order chi connectivity index (χ1) is 27.6. The first kappa shape index (κ1) is 36.0. The Bertz CT molecular complexity index is 2750.